The second kappa shape index (κ2) is 11.7. The van der Waals surface area contributed by atoms with Crippen LogP contribution in [0.5, 0.6) is 5.75 Å². The van der Waals surface area contributed by atoms with Crippen molar-refractivity contribution < 1.29 is 13.5 Å². The molecule has 0 bridgehead atoms. The Morgan fingerprint density at radius 3 is 2.65 bits per heavy atom. The number of nitrogens with one attached hydrogen (secondary N) is 2. The van der Waals surface area contributed by atoms with E-state index in [1.807, 2.05) is 31.2 Å². The standard InChI is InChI=1S/C19H23F2N3O.HI/c1-3-22-19(24-13-14-5-4-6-17(11-14)25-2)23-10-9-15-12-16(20)7-8-18(15)21;/h4-8,11-12H,3,9-10,13H2,1-2H3,(H2,22,23,24);1H. The van der Waals surface area contributed by atoms with Crippen molar-refractivity contribution in [3.63, 3.8) is 0 Å². The molecule has 0 fully saturated rings. The first-order valence-corrected chi connectivity index (χ1v) is 8.21. The molecule has 0 heterocycles. The Morgan fingerprint density at radius 2 is 1.92 bits per heavy atom. The summed E-state index contributed by atoms with van der Waals surface area (Å²) in [5.41, 5.74) is 1.36. The van der Waals surface area contributed by atoms with E-state index in [0.29, 0.717) is 37.6 Å². The first-order valence-electron chi connectivity index (χ1n) is 8.21. The van der Waals surface area contributed by atoms with Gasteiger partial charge in [0.25, 0.3) is 0 Å². The molecule has 0 amide bonds. The van der Waals surface area contributed by atoms with Crippen molar-refractivity contribution >= 4 is 29.9 Å². The minimum atomic E-state index is -0.435. The van der Waals surface area contributed by atoms with Crippen molar-refractivity contribution in [2.45, 2.75) is 19.9 Å². The average Bonchev–Trinajstić information content (AvgIpc) is 2.62. The van der Waals surface area contributed by atoms with Crippen LogP contribution >= 0.6 is 24.0 Å². The Hall–Kier alpha value is -1.90. The molecule has 0 aromatic heterocycles. The van der Waals surface area contributed by atoms with Crippen LogP contribution in [0.25, 0.3) is 0 Å². The predicted molar refractivity (Wildman–Crippen MR) is 111 cm³/mol. The van der Waals surface area contributed by atoms with Gasteiger partial charge in [-0.2, -0.15) is 0 Å². The number of hydrogen-bond acceptors (Lipinski definition) is 2. The van der Waals surface area contributed by atoms with Crippen molar-refractivity contribution in [3.8, 4) is 5.75 Å². The fourth-order valence-corrected chi connectivity index (χ4v) is 2.33. The zero-order chi connectivity index (χ0) is 18.1. The normalized spacial score (nSPS) is 10.8. The third-order valence-electron chi connectivity index (χ3n) is 3.59. The Kier molecular flexibility index (Phi) is 9.93. The molecule has 142 valence electrons. The maximum Gasteiger partial charge on any atom is 0.191 e. The fraction of sp³-hybridized carbons (Fsp3) is 0.316. The summed E-state index contributed by atoms with van der Waals surface area (Å²) >= 11 is 0. The van der Waals surface area contributed by atoms with E-state index in [4.69, 9.17) is 4.74 Å². The summed E-state index contributed by atoms with van der Waals surface area (Å²) < 4.78 is 32.0. The van der Waals surface area contributed by atoms with Crippen molar-refractivity contribution in [3.05, 3.63) is 65.2 Å². The molecule has 0 unspecified atom stereocenters. The lowest BCUT2D eigenvalue weighted by atomic mass is 10.1. The van der Waals surface area contributed by atoms with E-state index >= 15 is 0 Å². The lowest BCUT2D eigenvalue weighted by Gasteiger charge is -2.12. The van der Waals surface area contributed by atoms with E-state index in [1.165, 1.54) is 6.07 Å². The van der Waals surface area contributed by atoms with Gasteiger partial charge in [0.1, 0.15) is 17.4 Å². The lowest BCUT2D eigenvalue weighted by molar-refractivity contribution is 0.414. The Morgan fingerprint density at radius 1 is 1.12 bits per heavy atom. The highest BCUT2D eigenvalue weighted by molar-refractivity contribution is 14.0. The van der Waals surface area contributed by atoms with Crippen LogP contribution in [0.2, 0.25) is 0 Å². The van der Waals surface area contributed by atoms with Crippen molar-refractivity contribution in [2.75, 3.05) is 20.2 Å². The molecule has 26 heavy (non-hydrogen) atoms. The summed E-state index contributed by atoms with van der Waals surface area (Å²) in [6.07, 6.45) is 0.368. The summed E-state index contributed by atoms with van der Waals surface area (Å²) in [6, 6.07) is 11.2. The molecule has 0 aliphatic heterocycles. The number of guanidine groups is 1. The summed E-state index contributed by atoms with van der Waals surface area (Å²) in [5.74, 6) is 0.575. The number of rotatable bonds is 7. The molecular weight excluding hydrogens is 451 g/mol. The monoisotopic (exact) mass is 475 g/mol. The van der Waals surface area contributed by atoms with E-state index in [0.717, 1.165) is 23.4 Å². The first-order chi connectivity index (χ1) is 12.1. The van der Waals surface area contributed by atoms with Crippen LogP contribution in [0.15, 0.2) is 47.5 Å². The van der Waals surface area contributed by atoms with Gasteiger partial charge in [-0.1, -0.05) is 12.1 Å². The van der Waals surface area contributed by atoms with Gasteiger partial charge >= 0.3 is 0 Å². The van der Waals surface area contributed by atoms with E-state index in [2.05, 4.69) is 15.6 Å². The maximum absolute atomic E-state index is 13.6. The molecule has 2 aromatic carbocycles. The number of nitrogens with zero attached hydrogens (tertiary/aromatic N) is 1. The van der Waals surface area contributed by atoms with Gasteiger partial charge in [-0.25, -0.2) is 13.8 Å². The van der Waals surface area contributed by atoms with E-state index in [-0.39, 0.29) is 24.0 Å². The Bertz CT molecular complexity index is 726. The zero-order valence-corrected chi connectivity index (χ0v) is 17.2. The molecule has 0 atom stereocenters. The smallest absolute Gasteiger partial charge is 0.191 e. The summed E-state index contributed by atoms with van der Waals surface area (Å²) in [5, 5.41) is 6.27. The van der Waals surface area contributed by atoms with Crippen LogP contribution in [0.3, 0.4) is 0 Å². The van der Waals surface area contributed by atoms with Gasteiger partial charge in [-0.05, 0) is 54.8 Å². The molecule has 0 aliphatic carbocycles. The van der Waals surface area contributed by atoms with Crippen LogP contribution in [-0.4, -0.2) is 26.2 Å². The first kappa shape index (κ1) is 22.1. The number of hydrogen-bond donors (Lipinski definition) is 2. The largest absolute Gasteiger partial charge is 0.497 e. The highest BCUT2D eigenvalue weighted by Crippen LogP contribution is 2.13. The van der Waals surface area contributed by atoms with Gasteiger partial charge < -0.3 is 15.4 Å². The summed E-state index contributed by atoms with van der Waals surface area (Å²) in [7, 11) is 1.62. The van der Waals surface area contributed by atoms with Gasteiger partial charge in [0.15, 0.2) is 5.96 Å². The second-order valence-electron chi connectivity index (χ2n) is 5.46. The lowest BCUT2D eigenvalue weighted by Crippen LogP contribution is -2.38. The second-order valence-corrected chi connectivity index (χ2v) is 5.46. The molecule has 7 heteroatoms. The minimum Gasteiger partial charge on any atom is -0.497 e. The van der Waals surface area contributed by atoms with Crippen LogP contribution < -0.4 is 15.4 Å². The van der Waals surface area contributed by atoms with Crippen molar-refractivity contribution in [1.82, 2.24) is 10.6 Å². The van der Waals surface area contributed by atoms with Gasteiger partial charge in [-0.3, -0.25) is 0 Å². The third kappa shape index (κ3) is 7.15. The molecule has 2 N–H and O–H groups in total. The molecule has 0 spiro atoms. The Labute approximate surface area is 170 Å². The highest BCUT2D eigenvalue weighted by atomic mass is 127. The molecule has 0 saturated heterocycles. The van der Waals surface area contributed by atoms with Crippen molar-refractivity contribution in [1.29, 1.82) is 0 Å². The molecule has 2 rings (SSSR count). The summed E-state index contributed by atoms with van der Waals surface area (Å²) in [6.45, 7) is 3.61. The molecule has 0 aliphatic rings. The molecule has 4 nitrogen and oxygen atoms in total. The molecule has 2 aromatic rings. The van der Waals surface area contributed by atoms with Gasteiger partial charge in [0, 0.05) is 13.1 Å². The number of methoxy groups -OCH3 is 1. The number of aliphatic imine (C=N–C) groups is 1. The average molecular weight is 475 g/mol. The molecule has 0 radical (unpaired) electrons. The number of halogens is 3. The topological polar surface area (TPSA) is 45.7 Å². The van der Waals surface area contributed by atoms with E-state index in [9.17, 15) is 8.78 Å². The van der Waals surface area contributed by atoms with Gasteiger partial charge in [0.2, 0.25) is 0 Å². The number of benzene rings is 2. The number of ether oxygens (including phenoxy) is 1. The minimum absolute atomic E-state index is 0. The third-order valence-corrected chi connectivity index (χ3v) is 3.59. The van der Waals surface area contributed by atoms with Gasteiger partial charge in [-0.15, -0.1) is 24.0 Å². The molecule has 0 saturated carbocycles. The summed E-state index contributed by atoms with van der Waals surface area (Å²) in [4.78, 5) is 4.50. The van der Waals surface area contributed by atoms with Crippen LogP contribution in [0.4, 0.5) is 8.78 Å². The van der Waals surface area contributed by atoms with Crippen molar-refractivity contribution in [2.24, 2.45) is 4.99 Å². The molecular formula is C19H24F2IN3O. The zero-order valence-electron chi connectivity index (χ0n) is 14.9. The van der Waals surface area contributed by atoms with Gasteiger partial charge in [0.05, 0.1) is 13.7 Å². The van der Waals surface area contributed by atoms with Crippen LogP contribution in [0, 0.1) is 11.6 Å². The Balaban J connectivity index is 0.00000338. The van der Waals surface area contributed by atoms with Crippen LogP contribution in [-0.2, 0) is 13.0 Å². The predicted octanol–water partition coefficient (Wildman–Crippen LogP) is 3.89. The maximum atomic E-state index is 13.6. The SMILES string of the molecule is CCNC(=NCc1cccc(OC)c1)NCCc1cc(F)ccc1F.I. The quantitative estimate of drug-likeness (QED) is 0.363. The fourth-order valence-electron chi connectivity index (χ4n) is 2.33. The van der Waals surface area contributed by atoms with Crippen LogP contribution in [0.1, 0.15) is 18.1 Å². The highest BCUT2D eigenvalue weighted by Gasteiger charge is 2.05. The van der Waals surface area contributed by atoms with E-state index in [1.54, 1.807) is 7.11 Å². The van der Waals surface area contributed by atoms with E-state index < -0.39 is 11.6 Å².